The van der Waals surface area contributed by atoms with Crippen LogP contribution in [-0.2, 0) is 0 Å². The molecule has 1 aliphatic heterocycles. The SMILES string of the molecule is CNC(=S)NCCCN1CCN(c2ccc(F)c(Cl)c2)CC1. The molecule has 122 valence electrons. The molecule has 1 fully saturated rings. The Morgan fingerprint density at radius 3 is 2.68 bits per heavy atom. The van der Waals surface area contributed by atoms with Crippen molar-refractivity contribution in [2.75, 3.05) is 51.2 Å². The third-order valence-corrected chi connectivity index (χ3v) is 4.44. The Kier molecular flexibility index (Phi) is 6.67. The molecule has 0 aliphatic carbocycles. The Balaban J connectivity index is 1.71. The molecule has 1 aromatic carbocycles. The lowest BCUT2D eigenvalue weighted by Gasteiger charge is -2.36. The van der Waals surface area contributed by atoms with E-state index >= 15 is 0 Å². The van der Waals surface area contributed by atoms with E-state index < -0.39 is 0 Å². The van der Waals surface area contributed by atoms with Crippen LogP contribution in [0.3, 0.4) is 0 Å². The van der Waals surface area contributed by atoms with Crippen molar-refractivity contribution in [1.29, 1.82) is 0 Å². The number of hydrogen-bond acceptors (Lipinski definition) is 3. The molecule has 0 aromatic heterocycles. The maximum absolute atomic E-state index is 13.2. The number of nitrogens with zero attached hydrogens (tertiary/aromatic N) is 2. The lowest BCUT2D eigenvalue weighted by atomic mass is 10.2. The van der Waals surface area contributed by atoms with Crippen molar-refractivity contribution in [2.24, 2.45) is 0 Å². The molecule has 0 amide bonds. The van der Waals surface area contributed by atoms with Crippen LogP contribution in [0.4, 0.5) is 10.1 Å². The predicted octanol–water partition coefficient (Wildman–Crippen LogP) is 2.09. The van der Waals surface area contributed by atoms with Crippen LogP contribution in [0.25, 0.3) is 0 Å². The summed E-state index contributed by atoms with van der Waals surface area (Å²) in [7, 11) is 1.82. The number of halogens is 2. The quantitative estimate of drug-likeness (QED) is 0.631. The molecule has 1 aromatic rings. The molecule has 1 heterocycles. The van der Waals surface area contributed by atoms with Gasteiger partial charge in [-0.25, -0.2) is 4.39 Å². The molecule has 7 heteroatoms. The van der Waals surface area contributed by atoms with E-state index in [0.717, 1.165) is 51.4 Å². The second-order valence-corrected chi connectivity index (χ2v) is 6.10. The van der Waals surface area contributed by atoms with Gasteiger partial charge in [0.25, 0.3) is 0 Å². The Bertz CT molecular complexity index is 506. The molecule has 0 radical (unpaired) electrons. The zero-order valence-electron chi connectivity index (χ0n) is 12.7. The smallest absolute Gasteiger partial charge is 0.166 e. The Hall–Kier alpha value is -1.11. The van der Waals surface area contributed by atoms with Crippen molar-refractivity contribution in [3.63, 3.8) is 0 Å². The van der Waals surface area contributed by atoms with Crippen molar-refractivity contribution < 1.29 is 4.39 Å². The maximum Gasteiger partial charge on any atom is 0.166 e. The minimum atomic E-state index is -0.365. The highest BCUT2D eigenvalue weighted by Gasteiger charge is 2.17. The van der Waals surface area contributed by atoms with E-state index in [1.54, 1.807) is 12.1 Å². The van der Waals surface area contributed by atoms with Crippen LogP contribution in [-0.4, -0.2) is 56.3 Å². The number of benzene rings is 1. The standard InChI is InChI=1S/C15H22ClFN4S/c1-18-15(22)19-5-2-6-20-7-9-21(10-8-20)12-3-4-14(17)13(16)11-12/h3-4,11H,2,5-10H2,1H3,(H2,18,19,22). The first-order valence-electron chi connectivity index (χ1n) is 7.48. The molecule has 1 saturated heterocycles. The summed E-state index contributed by atoms with van der Waals surface area (Å²) < 4.78 is 13.2. The van der Waals surface area contributed by atoms with Gasteiger partial charge >= 0.3 is 0 Å². The van der Waals surface area contributed by atoms with E-state index in [1.807, 2.05) is 7.05 Å². The summed E-state index contributed by atoms with van der Waals surface area (Å²) in [6.07, 6.45) is 1.06. The summed E-state index contributed by atoms with van der Waals surface area (Å²) in [5, 5.41) is 6.93. The van der Waals surface area contributed by atoms with Crippen molar-refractivity contribution >= 4 is 34.6 Å². The molecular formula is C15H22ClFN4S. The zero-order chi connectivity index (χ0) is 15.9. The first-order chi connectivity index (χ1) is 10.6. The molecule has 0 bridgehead atoms. The van der Waals surface area contributed by atoms with Crippen LogP contribution in [0.5, 0.6) is 0 Å². The fourth-order valence-electron chi connectivity index (χ4n) is 2.50. The average molecular weight is 345 g/mol. The second kappa shape index (κ2) is 8.50. The van der Waals surface area contributed by atoms with Gasteiger partial charge in [0.15, 0.2) is 5.11 Å². The topological polar surface area (TPSA) is 30.5 Å². The summed E-state index contributed by atoms with van der Waals surface area (Å²) >= 11 is 10.9. The minimum absolute atomic E-state index is 0.187. The lowest BCUT2D eigenvalue weighted by Crippen LogP contribution is -2.47. The molecule has 22 heavy (non-hydrogen) atoms. The summed E-state index contributed by atoms with van der Waals surface area (Å²) in [6.45, 7) is 5.82. The van der Waals surface area contributed by atoms with Crippen molar-refractivity contribution in [3.05, 3.63) is 29.0 Å². The largest absolute Gasteiger partial charge is 0.369 e. The van der Waals surface area contributed by atoms with Gasteiger partial charge in [0.1, 0.15) is 5.82 Å². The summed E-state index contributed by atoms with van der Waals surface area (Å²) in [5.41, 5.74) is 0.993. The number of nitrogens with one attached hydrogen (secondary N) is 2. The Labute approximate surface area is 141 Å². The third kappa shape index (κ3) is 4.97. The van der Waals surface area contributed by atoms with E-state index in [1.165, 1.54) is 6.07 Å². The molecule has 0 saturated carbocycles. The highest BCUT2D eigenvalue weighted by Crippen LogP contribution is 2.23. The fourth-order valence-corrected chi connectivity index (χ4v) is 2.78. The van der Waals surface area contributed by atoms with Gasteiger partial charge in [-0.05, 0) is 43.4 Å². The highest BCUT2D eigenvalue weighted by atomic mass is 35.5. The first-order valence-corrected chi connectivity index (χ1v) is 8.26. The third-order valence-electron chi connectivity index (χ3n) is 3.80. The molecule has 2 N–H and O–H groups in total. The van der Waals surface area contributed by atoms with Crippen LogP contribution >= 0.6 is 23.8 Å². The lowest BCUT2D eigenvalue weighted by molar-refractivity contribution is 0.255. The van der Waals surface area contributed by atoms with Crippen molar-refractivity contribution in [1.82, 2.24) is 15.5 Å². The summed E-state index contributed by atoms with van der Waals surface area (Å²) in [4.78, 5) is 4.68. The van der Waals surface area contributed by atoms with Gasteiger partial charge in [0.2, 0.25) is 0 Å². The Morgan fingerprint density at radius 2 is 2.05 bits per heavy atom. The number of hydrogen-bond donors (Lipinski definition) is 2. The molecule has 0 spiro atoms. The molecule has 1 aliphatic rings. The fraction of sp³-hybridized carbons (Fsp3) is 0.533. The number of thiocarbonyl (C=S) groups is 1. The van der Waals surface area contributed by atoms with Crippen LogP contribution in [0, 0.1) is 5.82 Å². The molecule has 0 atom stereocenters. The van der Waals surface area contributed by atoms with Gasteiger partial charge in [-0.1, -0.05) is 11.6 Å². The summed E-state index contributed by atoms with van der Waals surface area (Å²) in [6, 6.07) is 4.93. The zero-order valence-corrected chi connectivity index (χ0v) is 14.3. The van der Waals surface area contributed by atoms with Gasteiger partial charge in [-0.15, -0.1) is 0 Å². The van der Waals surface area contributed by atoms with E-state index in [4.69, 9.17) is 23.8 Å². The predicted molar refractivity (Wildman–Crippen MR) is 94.3 cm³/mol. The number of piperazine rings is 1. The van der Waals surface area contributed by atoms with E-state index in [-0.39, 0.29) is 10.8 Å². The average Bonchev–Trinajstić information content (AvgIpc) is 2.54. The van der Waals surface area contributed by atoms with Gasteiger partial charge < -0.3 is 15.5 Å². The number of anilines is 1. The second-order valence-electron chi connectivity index (χ2n) is 5.29. The number of rotatable bonds is 5. The first kappa shape index (κ1) is 17.2. The monoisotopic (exact) mass is 344 g/mol. The van der Waals surface area contributed by atoms with Gasteiger partial charge in [0, 0.05) is 45.5 Å². The molecular weight excluding hydrogens is 323 g/mol. The van der Waals surface area contributed by atoms with E-state index in [0.29, 0.717) is 5.11 Å². The van der Waals surface area contributed by atoms with E-state index in [2.05, 4.69) is 20.4 Å². The van der Waals surface area contributed by atoms with Gasteiger partial charge in [-0.3, -0.25) is 4.90 Å². The van der Waals surface area contributed by atoms with Crippen LogP contribution < -0.4 is 15.5 Å². The van der Waals surface area contributed by atoms with Crippen LogP contribution in [0.15, 0.2) is 18.2 Å². The molecule has 0 unspecified atom stereocenters. The summed E-state index contributed by atoms with van der Waals surface area (Å²) in [5.74, 6) is -0.365. The van der Waals surface area contributed by atoms with Crippen molar-refractivity contribution in [2.45, 2.75) is 6.42 Å². The van der Waals surface area contributed by atoms with E-state index in [9.17, 15) is 4.39 Å². The minimum Gasteiger partial charge on any atom is -0.369 e. The normalized spacial score (nSPS) is 15.7. The van der Waals surface area contributed by atoms with Crippen molar-refractivity contribution in [3.8, 4) is 0 Å². The molecule has 4 nitrogen and oxygen atoms in total. The van der Waals surface area contributed by atoms with Crippen LogP contribution in [0.1, 0.15) is 6.42 Å². The maximum atomic E-state index is 13.2. The molecule has 2 rings (SSSR count). The van der Waals surface area contributed by atoms with Gasteiger partial charge in [-0.2, -0.15) is 0 Å². The highest BCUT2D eigenvalue weighted by molar-refractivity contribution is 7.80. The Morgan fingerprint density at radius 1 is 1.32 bits per heavy atom. The van der Waals surface area contributed by atoms with Crippen LogP contribution in [0.2, 0.25) is 5.02 Å². The van der Waals surface area contributed by atoms with Gasteiger partial charge in [0.05, 0.1) is 5.02 Å².